The second-order valence-electron chi connectivity index (χ2n) is 5.13. The molecular weight excluding hydrogens is 288 g/mol. The predicted octanol–water partition coefficient (Wildman–Crippen LogP) is 3.36. The van der Waals surface area contributed by atoms with E-state index in [0.29, 0.717) is 9.23 Å². The van der Waals surface area contributed by atoms with Crippen molar-refractivity contribution in [1.29, 1.82) is 0 Å². The van der Waals surface area contributed by atoms with Gasteiger partial charge >= 0.3 is 0 Å². The van der Waals surface area contributed by atoms with E-state index in [0.717, 1.165) is 11.3 Å². The Morgan fingerprint density at radius 1 is 1.25 bits per heavy atom. The summed E-state index contributed by atoms with van der Waals surface area (Å²) in [6.07, 6.45) is 1.90. The third kappa shape index (κ3) is 3.04. The number of benzene rings is 1. The molecule has 1 aliphatic rings. The van der Waals surface area contributed by atoms with E-state index in [9.17, 15) is 4.79 Å². The number of thiocarbonyl (C=S) groups is 1. The third-order valence-electron chi connectivity index (χ3n) is 3.05. The molecule has 0 aliphatic carbocycles. The van der Waals surface area contributed by atoms with Gasteiger partial charge in [-0.05, 0) is 37.6 Å². The van der Waals surface area contributed by atoms with Crippen LogP contribution in [0.2, 0.25) is 0 Å². The Hall–Kier alpha value is -1.33. The van der Waals surface area contributed by atoms with Crippen molar-refractivity contribution in [2.45, 2.75) is 19.9 Å². The molecule has 0 bridgehead atoms. The molecule has 1 aliphatic heterocycles. The number of carbonyl (C=O) groups excluding carboxylic acids is 1. The maximum absolute atomic E-state index is 12.3. The number of hydrogen-bond donors (Lipinski definition) is 0. The average molecular weight is 306 g/mol. The van der Waals surface area contributed by atoms with Crippen LogP contribution in [0, 0.1) is 0 Å². The summed E-state index contributed by atoms with van der Waals surface area (Å²) in [6.45, 7) is 3.94. The molecule has 106 valence electrons. The molecular formula is C15H18N2OS2. The highest BCUT2D eigenvalue weighted by Crippen LogP contribution is 2.33. The van der Waals surface area contributed by atoms with Crippen LogP contribution in [0.5, 0.6) is 0 Å². The summed E-state index contributed by atoms with van der Waals surface area (Å²) in [5.41, 5.74) is 2.15. The van der Waals surface area contributed by atoms with Crippen LogP contribution in [0.25, 0.3) is 6.08 Å². The van der Waals surface area contributed by atoms with E-state index in [2.05, 4.69) is 0 Å². The summed E-state index contributed by atoms with van der Waals surface area (Å²) >= 11 is 6.64. The van der Waals surface area contributed by atoms with Crippen LogP contribution in [-0.2, 0) is 4.79 Å². The van der Waals surface area contributed by atoms with Crippen LogP contribution in [0.3, 0.4) is 0 Å². The number of carbonyl (C=O) groups is 1. The zero-order valence-corrected chi connectivity index (χ0v) is 13.7. The molecule has 1 fully saturated rings. The number of nitrogens with zero attached hydrogens (tertiary/aromatic N) is 2. The van der Waals surface area contributed by atoms with Gasteiger partial charge in [-0.3, -0.25) is 9.69 Å². The van der Waals surface area contributed by atoms with Gasteiger partial charge in [0.05, 0.1) is 4.91 Å². The van der Waals surface area contributed by atoms with Crippen LogP contribution in [0.4, 0.5) is 5.69 Å². The molecule has 0 spiro atoms. The van der Waals surface area contributed by atoms with Gasteiger partial charge in [-0.15, -0.1) is 0 Å². The minimum absolute atomic E-state index is 0.00619. The largest absolute Gasteiger partial charge is 0.378 e. The van der Waals surface area contributed by atoms with Crippen LogP contribution in [0.15, 0.2) is 29.2 Å². The number of anilines is 1. The Morgan fingerprint density at radius 2 is 1.85 bits per heavy atom. The molecule has 0 radical (unpaired) electrons. The minimum atomic E-state index is 0.00619. The van der Waals surface area contributed by atoms with Crippen molar-refractivity contribution in [3.8, 4) is 0 Å². The lowest BCUT2D eigenvalue weighted by atomic mass is 10.2. The van der Waals surface area contributed by atoms with Gasteiger partial charge in [-0.1, -0.05) is 36.1 Å². The molecule has 1 amide bonds. The van der Waals surface area contributed by atoms with Gasteiger partial charge in [0.1, 0.15) is 4.32 Å². The molecule has 1 heterocycles. The van der Waals surface area contributed by atoms with Crippen molar-refractivity contribution in [3.63, 3.8) is 0 Å². The van der Waals surface area contributed by atoms with Crippen molar-refractivity contribution < 1.29 is 4.79 Å². The molecule has 2 rings (SSSR count). The number of hydrogen-bond acceptors (Lipinski definition) is 4. The molecule has 0 unspecified atom stereocenters. The summed E-state index contributed by atoms with van der Waals surface area (Å²) in [7, 11) is 4.01. The van der Waals surface area contributed by atoms with E-state index >= 15 is 0 Å². The highest BCUT2D eigenvalue weighted by atomic mass is 32.2. The highest BCUT2D eigenvalue weighted by Gasteiger charge is 2.33. The van der Waals surface area contributed by atoms with Gasteiger partial charge in [0.2, 0.25) is 0 Å². The van der Waals surface area contributed by atoms with E-state index in [1.165, 1.54) is 11.8 Å². The van der Waals surface area contributed by atoms with Gasteiger partial charge < -0.3 is 4.90 Å². The van der Waals surface area contributed by atoms with Crippen LogP contribution in [-0.4, -0.2) is 35.3 Å². The fourth-order valence-electron chi connectivity index (χ4n) is 1.95. The second kappa shape index (κ2) is 5.97. The molecule has 0 N–H and O–H groups in total. The standard InChI is InChI=1S/C15H18N2OS2/c1-10(2)17-14(18)13(20-15(17)19)9-11-5-7-12(8-6-11)16(3)4/h5-10H,1-4H3/b13-9-. The fraction of sp³-hybridized carbons (Fsp3) is 0.333. The lowest BCUT2D eigenvalue weighted by Crippen LogP contribution is -2.34. The lowest BCUT2D eigenvalue weighted by molar-refractivity contribution is -0.123. The summed E-state index contributed by atoms with van der Waals surface area (Å²) in [5.74, 6) is 0.00619. The highest BCUT2D eigenvalue weighted by molar-refractivity contribution is 8.26. The van der Waals surface area contributed by atoms with E-state index < -0.39 is 0 Å². The molecule has 1 aromatic rings. The Morgan fingerprint density at radius 3 is 2.30 bits per heavy atom. The minimum Gasteiger partial charge on any atom is -0.378 e. The summed E-state index contributed by atoms with van der Waals surface area (Å²) < 4.78 is 0.640. The molecule has 0 aromatic heterocycles. The van der Waals surface area contributed by atoms with Crippen molar-refractivity contribution >= 4 is 46.0 Å². The second-order valence-corrected chi connectivity index (χ2v) is 6.81. The Bertz CT molecular complexity index is 562. The molecule has 1 aromatic carbocycles. The summed E-state index contributed by atoms with van der Waals surface area (Å²) in [4.78, 5) is 16.7. The number of thioether (sulfide) groups is 1. The summed E-state index contributed by atoms with van der Waals surface area (Å²) in [5, 5.41) is 0. The molecule has 5 heteroatoms. The third-order valence-corrected chi connectivity index (χ3v) is 4.38. The molecule has 0 saturated carbocycles. The van der Waals surface area contributed by atoms with Gasteiger partial charge in [0.25, 0.3) is 5.91 Å². The van der Waals surface area contributed by atoms with Crippen molar-refractivity contribution in [2.75, 3.05) is 19.0 Å². The lowest BCUT2D eigenvalue weighted by Gasteiger charge is -2.18. The van der Waals surface area contributed by atoms with Gasteiger partial charge in [-0.2, -0.15) is 0 Å². The van der Waals surface area contributed by atoms with Crippen molar-refractivity contribution in [3.05, 3.63) is 34.7 Å². The number of amides is 1. The van der Waals surface area contributed by atoms with Gasteiger partial charge in [0.15, 0.2) is 0 Å². The van der Waals surface area contributed by atoms with E-state index in [1.807, 2.05) is 63.2 Å². The van der Waals surface area contributed by atoms with Crippen LogP contribution >= 0.6 is 24.0 Å². The fourth-order valence-corrected chi connectivity index (χ4v) is 3.47. The molecule has 3 nitrogen and oxygen atoms in total. The molecule has 1 saturated heterocycles. The van der Waals surface area contributed by atoms with Gasteiger partial charge in [0, 0.05) is 25.8 Å². The topological polar surface area (TPSA) is 23.6 Å². The first-order valence-electron chi connectivity index (χ1n) is 6.44. The van der Waals surface area contributed by atoms with E-state index in [4.69, 9.17) is 12.2 Å². The van der Waals surface area contributed by atoms with Crippen molar-refractivity contribution in [1.82, 2.24) is 4.90 Å². The normalized spacial score (nSPS) is 17.4. The van der Waals surface area contributed by atoms with Crippen LogP contribution in [0.1, 0.15) is 19.4 Å². The zero-order chi connectivity index (χ0) is 14.9. The quantitative estimate of drug-likeness (QED) is 0.631. The molecule has 20 heavy (non-hydrogen) atoms. The number of rotatable bonds is 3. The maximum Gasteiger partial charge on any atom is 0.266 e. The predicted molar refractivity (Wildman–Crippen MR) is 90.9 cm³/mol. The Balaban J connectivity index is 2.24. The molecule has 0 atom stereocenters. The van der Waals surface area contributed by atoms with E-state index in [1.54, 1.807) is 4.90 Å². The van der Waals surface area contributed by atoms with Crippen molar-refractivity contribution in [2.24, 2.45) is 0 Å². The Kier molecular flexibility index (Phi) is 4.50. The van der Waals surface area contributed by atoms with Crippen LogP contribution < -0.4 is 4.90 Å². The SMILES string of the molecule is CC(C)N1C(=O)/C(=C/c2ccc(N(C)C)cc2)SC1=S. The smallest absolute Gasteiger partial charge is 0.266 e. The van der Waals surface area contributed by atoms with E-state index in [-0.39, 0.29) is 11.9 Å². The maximum atomic E-state index is 12.3. The average Bonchev–Trinajstić information content (AvgIpc) is 2.65. The first-order chi connectivity index (χ1) is 9.40. The van der Waals surface area contributed by atoms with Gasteiger partial charge in [-0.25, -0.2) is 0 Å². The zero-order valence-electron chi connectivity index (χ0n) is 12.1. The summed E-state index contributed by atoms with van der Waals surface area (Å²) in [6, 6.07) is 8.20. The monoisotopic (exact) mass is 306 g/mol. The Labute approximate surface area is 129 Å². The first-order valence-corrected chi connectivity index (χ1v) is 7.67. The first kappa shape index (κ1) is 15.1.